The third-order valence-electron chi connectivity index (χ3n) is 3.93. The molecule has 0 aromatic heterocycles. The van der Waals surface area contributed by atoms with Gasteiger partial charge in [0.2, 0.25) is 5.91 Å². The molecular weight excluding hydrogens is 302 g/mol. The lowest BCUT2D eigenvalue weighted by atomic mass is 9.96. The van der Waals surface area contributed by atoms with Gasteiger partial charge in [-0.15, -0.1) is 0 Å². The Balaban J connectivity index is 2.11. The second-order valence-corrected chi connectivity index (χ2v) is 6.40. The lowest BCUT2D eigenvalue weighted by Crippen LogP contribution is -2.20. The summed E-state index contributed by atoms with van der Waals surface area (Å²) in [6, 6.07) is 14.4. The lowest BCUT2D eigenvalue weighted by molar-refractivity contribution is -0.117. The van der Waals surface area contributed by atoms with Crippen LogP contribution < -0.4 is 5.32 Å². The standard InChI is InChI=1S/C20H23NO3/c1-13(2)12-15-8-10-16(11-9-15)14(3)19(22)21-18-7-5-4-6-17(18)20(23)24/h4-11,13-14H,12H2,1-3H3,(H,21,22)(H,23,24). The molecule has 0 aliphatic carbocycles. The number of rotatable bonds is 6. The zero-order valence-electron chi connectivity index (χ0n) is 14.2. The molecule has 24 heavy (non-hydrogen) atoms. The first kappa shape index (κ1) is 17.7. The summed E-state index contributed by atoms with van der Waals surface area (Å²) in [7, 11) is 0. The van der Waals surface area contributed by atoms with Crippen LogP contribution in [0.3, 0.4) is 0 Å². The fourth-order valence-electron chi connectivity index (χ4n) is 2.58. The predicted molar refractivity (Wildman–Crippen MR) is 95.4 cm³/mol. The summed E-state index contributed by atoms with van der Waals surface area (Å²) in [4.78, 5) is 23.7. The van der Waals surface area contributed by atoms with Crippen molar-refractivity contribution in [3.05, 3.63) is 65.2 Å². The van der Waals surface area contributed by atoms with Crippen LogP contribution in [0, 0.1) is 5.92 Å². The van der Waals surface area contributed by atoms with E-state index in [0.717, 1.165) is 12.0 Å². The number of nitrogens with one attached hydrogen (secondary N) is 1. The van der Waals surface area contributed by atoms with Gasteiger partial charge in [0.25, 0.3) is 0 Å². The van der Waals surface area contributed by atoms with Gasteiger partial charge in [-0.1, -0.05) is 50.2 Å². The van der Waals surface area contributed by atoms with Crippen molar-refractivity contribution in [1.29, 1.82) is 0 Å². The average molecular weight is 325 g/mol. The topological polar surface area (TPSA) is 66.4 Å². The molecule has 0 saturated carbocycles. The number of carboxylic acid groups (broad SMARTS) is 1. The van der Waals surface area contributed by atoms with E-state index in [9.17, 15) is 14.7 Å². The number of carbonyl (C=O) groups excluding carboxylic acids is 1. The van der Waals surface area contributed by atoms with Crippen LogP contribution in [0.2, 0.25) is 0 Å². The number of anilines is 1. The number of amides is 1. The minimum atomic E-state index is -1.06. The van der Waals surface area contributed by atoms with Crippen molar-refractivity contribution in [2.45, 2.75) is 33.1 Å². The van der Waals surface area contributed by atoms with E-state index in [-0.39, 0.29) is 17.4 Å². The Morgan fingerprint density at radius 3 is 2.21 bits per heavy atom. The zero-order valence-corrected chi connectivity index (χ0v) is 14.2. The Kier molecular flexibility index (Phi) is 5.74. The molecule has 0 aliphatic heterocycles. The van der Waals surface area contributed by atoms with Gasteiger partial charge in [-0.2, -0.15) is 0 Å². The molecule has 1 atom stereocenters. The van der Waals surface area contributed by atoms with Crippen molar-refractivity contribution in [1.82, 2.24) is 0 Å². The Morgan fingerprint density at radius 2 is 1.62 bits per heavy atom. The van der Waals surface area contributed by atoms with Crippen molar-refractivity contribution in [2.75, 3.05) is 5.32 Å². The van der Waals surface area contributed by atoms with Gasteiger partial charge in [0.1, 0.15) is 0 Å². The maximum absolute atomic E-state index is 12.4. The first-order valence-corrected chi connectivity index (χ1v) is 8.10. The largest absolute Gasteiger partial charge is 0.478 e. The molecule has 0 spiro atoms. The van der Waals surface area contributed by atoms with E-state index in [1.54, 1.807) is 18.2 Å². The van der Waals surface area contributed by atoms with E-state index in [4.69, 9.17) is 0 Å². The molecular formula is C20H23NO3. The Hall–Kier alpha value is -2.62. The van der Waals surface area contributed by atoms with Crippen LogP contribution in [0.4, 0.5) is 5.69 Å². The summed E-state index contributed by atoms with van der Waals surface area (Å²) in [6.07, 6.45) is 1.01. The van der Waals surface area contributed by atoms with Crippen molar-refractivity contribution in [3.8, 4) is 0 Å². The SMILES string of the molecule is CC(C)Cc1ccc(C(C)C(=O)Nc2ccccc2C(=O)O)cc1. The zero-order chi connectivity index (χ0) is 17.7. The summed E-state index contributed by atoms with van der Waals surface area (Å²) < 4.78 is 0. The van der Waals surface area contributed by atoms with E-state index in [2.05, 4.69) is 19.2 Å². The molecule has 1 amide bonds. The van der Waals surface area contributed by atoms with Gasteiger partial charge < -0.3 is 10.4 Å². The van der Waals surface area contributed by atoms with Crippen LogP contribution in [0.25, 0.3) is 0 Å². The van der Waals surface area contributed by atoms with Crippen molar-refractivity contribution >= 4 is 17.6 Å². The van der Waals surface area contributed by atoms with Crippen LogP contribution in [0.1, 0.15) is 48.2 Å². The first-order chi connectivity index (χ1) is 11.4. The number of hydrogen-bond acceptors (Lipinski definition) is 2. The highest BCUT2D eigenvalue weighted by atomic mass is 16.4. The van der Waals surface area contributed by atoms with E-state index >= 15 is 0 Å². The fraction of sp³-hybridized carbons (Fsp3) is 0.300. The molecule has 1 unspecified atom stereocenters. The van der Waals surface area contributed by atoms with E-state index < -0.39 is 5.97 Å². The molecule has 0 radical (unpaired) electrons. The number of para-hydroxylation sites is 1. The molecule has 0 fully saturated rings. The van der Waals surface area contributed by atoms with Crippen molar-refractivity contribution < 1.29 is 14.7 Å². The molecule has 4 heteroatoms. The van der Waals surface area contributed by atoms with E-state index in [1.165, 1.54) is 11.6 Å². The number of carboxylic acids is 1. The third-order valence-corrected chi connectivity index (χ3v) is 3.93. The molecule has 0 bridgehead atoms. The van der Waals surface area contributed by atoms with Crippen molar-refractivity contribution in [3.63, 3.8) is 0 Å². The molecule has 2 aromatic rings. The molecule has 0 aliphatic rings. The van der Waals surface area contributed by atoms with Gasteiger partial charge in [0.05, 0.1) is 17.2 Å². The Labute approximate surface area is 142 Å². The molecule has 126 valence electrons. The monoisotopic (exact) mass is 325 g/mol. The van der Waals surface area contributed by atoms with Crippen LogP contribution in [-0.4, -0.2) is 17.0 Å². The second kappa shape index (κ2) is 7.77. The highest BCUT2D eigenvalue weighted by molar-refractivity contribution is 6.02. The second-order valence-electron chi connectivity index (χ2n) is 6.40. The third kappa shape index (κ3) is 4.44. The lowest BCUT2D eigenvalue weighted by Gasteiger charge is -2.15. The van der Waals surface area contributed by atoms with Gasteiger partial charge in [0, 0.05) is 0 Å². The molecule has 0 heterocycles. The van der Waals surface area contributed by atoms with Crippen LogP contribution in [-0.2, 0) is 11.2 Å². The summed E-state index contributed by atoms with van der Waals surface area (Å²) in [5.41, 5.74) is 2.56. The summed E-state index contributed by atoms with van der Waals surface area (Å²) in [5, 5.41) is 11.9. The Bertz CT molecular complexity index is 720. The van der Waals surface area contributed by atoms with Gasteiger partial charge in [0.15, 0.2) is 0 Å². The molecule has 4 nitrogen and oxygen atoms in total. The predicted octanol–water partition coefficient (Wildman–Crippen LogP) is 4.33. The van der Waals surface area contributed by atoms with Crippen molar-refractivity contribution in [2.24, 2.45) is 5.92 Å². The highest BCUT2D eigenvalue weighted by Gasteiger charge is 2.18. The summed E-state index contributed by atoms with van der Waals surface area (Å²) >= 11 is 0. The number of carbonyl (C=O) groups is 2. The normalized spacial score (nSPS) is 12.0. The maximum Gasteiger partial charge on any atom is 0.337 e. The Morgan fingerprint density at radius 1 is 1.00 bits per heavy atom. The molecule has 2 rings (SSSR count). The summed E-state index contributed by atoms with van der Waals surface area (Å²) in [5.74, 6) is -1.05. The van der Waals surface area contributed by atoms with Gasteiger partial charge in [-0.25, -0.2) is 4.79 Å². The highest BCUT2D eigenvalue weighted by Crippen LogP contribution is 2.21. The maximum atomic E-state index is 12.4. The smallest absolute Gasteiger partial charge is 0.337 e. The molecule has 0 saturated heterocycles. The van der Waals surface area contributed by atoms with Gasteiger partial charge in [-0.3, -0.25) is 4.79 Å². The van der Waals surface area contributed by atoms with Crippen LogP contribution in [0.15, 0.2) is 48.5 Å². The first-order valence-electron chi connectivity index (χ1n) is 8.10. The number of benzene rings is 2. The number of hydrogen-bond donors (Lipinski definition) is 2. The fourth-order valence-corrected chi connectivity index (χ4v) is 2.58. The quantitative estimate of drug-likeness (QED) is 0.831. The van der Waals surface area contributed by atoms with Gasteiger partial charge >= 0.3 is 5.97 Å². The average Bonchev–Trinajstić information content (AvgIpc) is 2.54. The minimum Gasteiger partial charge on any atom is -0.478 e. The van der Waals surface area contributed by atoms with E-state index in [1.807, 2.05) is 31.2 Å². The number of aromatic carboxylic acids is 1. The summed E-state index contributed by atoms with van der Waals surface area (Å²) in [6.45, 7) is 6.16. The van der Waals surface area contributed by atoms with Gasteiger partial charge in [-0.05, 0) is 42.5 Å². The van der Waals surface area contributed by atoms with Crippen LogP contribution >= 0.6 is 0 Å². The molecule has 2 N–H and O–H groups in total. The van der Waals surface area contributed by atoms with Crippen LogP contribution in [0.5, 0.6) is 0 Å². The minimum absolute atomic E-state index is 0.0883. The molecule has 2 aromatic carbocycles. The van der Waals surface area contributed by atoms with E-state index in [0.29, 0.717) is 11.6 Å².